The van der Waals surface area contributed by atoms with Gasteiger partial charge in [-0.05, 0) is 6.92 Å². The molecule has 1 aliphatic heterocycles. The molecule has 0 bridgehead atoms. The van der Waals surface area contributed by atoms with Crippen molar-refractivity contribution in [1.82, 2.24) is 9.97 Å². The van der Waals surface area contributed by atoms with Gasteiger partial charge < -0.3 is 4.90 Å². The number of rotatable bonds is 1. The van der Waals surface area contributed by atoms with Gasteiger partial charge in [0.2, 0.25) is 0 Å². The average molecular weight is 162 g/mol. The topological polar surface area (TPSA) is 41.4 Å². The van der Waals surface area contributed by atoms with E-state index in [1.165, 1.54) is 0 Å². The van der Waals surface area contributed by atoms with Gasteiger partial charge in [0, 0.05) is 12.8 Å². The van der Waals surface area contributed by atoms with Gasteiger partial charge in [-0.25, -0.2) is 9.97 Å². The highest BCUT2D eigenvalue weighted by atomic mass is 15.2. The van der Waals surface area contributed by atoms with E-state index in [1.54, 1.807) is 12.5 Å². The first kappa shape index (κ1) is 7.21. The predicted octanol–water partition coefficient (Wildman–Crippen LogP) is 1.02. The maximum Gasteiger partial charge on any atom is 0.158 e. The molecule has 0 radical (unpaired) electrons. The molecule has 4 heteroatoms. The summed E-state index contributed by atoms with van der Waals surface area (Å²) in [6, 6.07) is 0. The lowest BCUT2D eigenvalue weighted by molar-refractivity contribution is 0.886. The second-order valence-electron chi connectivity index (χ2n) is 2.58. The molecule has 4 nitrogen and oxygen atoms in total. The zero-order valence-electron chi connectivity index (χ0n) is 6.94. The highest BCUT2D eigenvalue weighted by Crippen LogP contribution is 2.26. The summed E-state index contributed by atoms with van der Waals surface area (Å²) < 4.78 is 0. The van der Waals surface area contributed by atoms with Crippen LogP contribution in [0.2, 0.25) is 0 Å². The molecule has 0 amide bonds. The van der Waals surface area contributed by atoms with Gasteiger partial charge in [-0.1, -0.05) is 0 Å². The fraction of sp³-hybridized carbons (Fsp3) is 0.375. The van der Waals surface area contributed by atoms with Gasteiger partial charge in [0.15, 0.2) is 5.82 Å². The van der Waals surface area contributed by atoms with Crippen molar-refractivity contribution >= 4 is 17.7 Å². The van der Waals surface area contributed by atoms with E-state index in [0.717, 1.165) is 24.6 Å². The second-order valence-corrected chi connectivity index (χ2v) is 2.58. The van der Waals surface area contributed by atoms with Gasteiger partial charge >= 0.3 is 0 Å². The molecule has 0 unspecified atom stereocenters. The molecule has 0 N–H and O–H groups in total. The van der Waals surface area contributed by atoms with Crippen LogP contribution >= 0.6 is 0 Å². The fourth-order valence-corrected chi connectivity index (χ4v) is 1.25. The summed E-state index contributed by atoms with van der Waals surface area (Å²) in [6.07, 6.45) is 5.18. The molecule has 0 atom stereocenters. The van der Waals surface area contributed by atoms with E-state index in [0.29, 0.717) is 0 Å². The Kier molecular flexibility index (Phi) is 1.74. The molecule has 0 aliphatic carbocycles. The van der Waals surface area contributed by atoms with Crippen molar-refractivity contribution in [3.05, 3.63) is 12.5 Å². The Labute approximate surface area is 71.0 Å². The standard InChI is InChI=1S/C8H10N4/c1-2-12-4-3-10-7-5-9-6-11-8(7)12/h3,5-6H,2,4H2,1H3. The van der Waals surface area contributed by atoms with Crippen LogP contribution in [0.25, 0.3) is 0 Å². The molecule has 0 saturated heterocycles. The number of nitrogens with zero attached hydrogens (tertiary/aromatic N) is 4. The Bertz CT molecular complexity index is 308. The normalized spacial score (nSPS) is 14.6. The summed E-state index contributed by atoms with van der Waals surface area (Å²) in [6.45, 7) is 3.90. The molecule has 0 aromatic carbocycles. The van der Waals surface area contributed by atoms with Crippen LogP contribution in [-0.4, -0.2) is 29.3 Å². The third kappa shape index (κ3) is 1.05. The maximum atomic E-state index is 4.20. The lowest BCUT2D eigenvalue weighted by Gasteiger charge is -2.23. The number of aliphatic imine (C=N–C) groups is 1. The number of fused-ring (bicyclic) bond motifs is 1. The largest absolute Gasteiger partial charge is 0.350 e. The van der Waals surface area contributed by atoms with Crippen molar-refractivity contribution < 1.29 is 0 Å². The molecule has 1 aromatic heterocycles. The minimum Gasteiger partial charge on any atom is -0.350 e. The summed E-state index contributed by atoms with van der Waals surface area (Å²) in [4.78, 5) is 14.4. The lowest BCUT2D eigenvalue weighted by atomic mass is 10.3. The summed E-state index contributed by atoms with van der Waals surface area (Å²) in [5.41, 5.74) is 0.866. The van der Waals surface area contributed by atoms with Crippen LogP contribution in [0.15, 0.2) is 17.5 Å². The van der Waals surface area contributed by atoms with Crippen LogP contribution in [0.4, 0.5) is 11.5 Å². The lowest BCUT2D eigenvalue weighted by Crippen LogP contribution is -2.27. The number of hydrogen-bond acceptors (Lipinski definition) is 4. The number of aromatic nitrogens is 2. The molecular formula is C8H10N4. The smallest absolute Gasteiger partial charge is 0.158 e. The number of anilines is 1. The van der Waals surface area contributed by atoms with Gasteiger partial charge in [0.05, 0.1) is 12.7 Å². The third-order valence-corrected chi connectivity index (χ3v) is 1.89. The highest BCUT2D eigenvalue weighted by molar-refractivity contribution is 5.78. The van der Waals surface area contributed by atoms with Crippen molar-refractivity contribution in [3.63, 3.8) is 0 Å². The monoisotopic (exact) mass is 162 g/mol. The molecule has 1 aliphatic rings. The van der Waals surface area contributed by atoms with Gasteiger partial charge in [-0.3, -0.25) is 4.99 Å². The van der Waals surface area contributed by atoms with E-state index in [1.807, 2.05) is 6.21 Å². The molecule has 62 valence electrons. The van der Waals surface area contributed by atoms with E-state index in [9.17, 15) is 0 Å². The quantitative estimate of drug-likeness (QED) is 0.619. The third-order valence-electron chi connectivity index (χ3n) is 1.89. The van der Waals surface area contributed by atoms with Crippen LogP contribution in [0.3, 0.4) is 0 Å². The fourth-order valence-electron chi connectivity index (χ4n) is 1.25. The summed E-state index contributed by atoms with van der Waals surface area (Å²) in [7, 11) is 0. The van der Waals surface area contributed by atoms with Crippen molar-refractivity contribution in [3.8, 4) is 0 Å². The highest BCUT2D eigenvalue weighted by Gasteiger charge is 2.12. The average Bonchev–Trinajstić information content (AvgIpc) is 2.17. The van der Waals surface area contributed by atoms with Crippen LogP contribution in [0, 0.1) is 0 Å². The SMILES string of the molecule is CCN1CC=Nc2cncnc21. The minimum atomic E-state index is 0.848. The van der Waals surface area contributed by atoms with Crippen molar-refractivity contribution in [1.29, 1.82) is 0 Å². The molecule has 0 spiro atoms. The molecule has 2 rings (SSSR count). The van der Waals surface area contributed by atoms with E-state index < -0.39 is 0 Å². The predicted molar refractivity (Wildman–Crippen MR) is 48.1 cm³/mol. The van der Waals surface area contributed by atoms with Gasteiger partial charge in [0.1, 0.15) is 12.0 Å². The summed E-state index contributed by atoms with van der Waals surface area (Å²) in [5, 5.41) is 0. The van der Waals surface area contributed by atoms with Crippen molar-refractivity contribution in [2.75, 3.05) is 18.0 Å². The van der Waals surface area contributed by atoms with E-state index in [4.69, 9.17) is 0 Å². The molecule has 1 aromatic rings. The maximum absolute atomic E-state index is 4.20. The van der Waals surface area contributed by atoms with Crippen LogP contribution in [0.5, 0.6) is 0 Å². The number of hydrogen-bond donors (Lipinski definition) is 0. The Morgan fingerprint density at radius 3 is 3.33 bits per heavy atom. The zero-order valence-corrected chi connectivity index (χ0v) is 6.94. The van der Waals surface area contributed by atoms with Crippen molar-refractivity contribution in [2.24, 2.45) is 4.99 Å². The Balaban J connectivity index is 2.45. The second kappa shape index (κ2) is 2.89. The Morgan fingerprint density at radius 1 is 1.58 bits per heavy atom. The van der Waals surface area contributed by atoms with E-state index in [2.05, 4.69) is 26.8 Å². The Morgan fingerprint density at radius 2 is 2.50 bits per heavy atom. The minimum absolute atomic E-state index is 0.848. The van der Waals surface area contributed by atoms with Gasteiger partial charge in [-0.2, -0.15) is 0 Å². The molecule has 2 heterocycles. The van der Waals surface area contributed by atoms with Crippen molar-refractivity contribution in [2.45, 2.75) is 6.92 Å². The summed E-state index contributed by atoms with van der Waals surface area (Å²) in [5.74, 6) is 0.940. The molecular weight excluding hydrogens is 152 g/mol. The van der Waals surface area contributed by atoms with Gasteiger partial charge in [-0.15, -0.1) is 0 Å². The molecule has 0 saturated carbocycles. The summed E-state index contributed by atoms with van der Waals surface area (Å²) >= 11 is 0. The van der Waals surface area contributed by atoms with Crippen LogP contribution < -0.4 is 4.90 Å². The first-order valence-corrected chi connectivity index (χ1v) is 3.99. The Hall–Kier alpha value is -1.45. The zero-order chi connectivity index (χ0) is 8.39. The van der Waals surface area contributed by atoms with E-state index >= 15 is 0 Å². The molecule has 12 heavy (non-hydrogen) atoms. The van der Waals surface area contributed by atoms with E-state index in [-0.39, 0.29) is 0 Å². The van der Waals surface area contributed by atoms with Crippen LogP contribution in [-0.2, 0) is 0 Å². The first-order chi connectivity index (χ1) is 5.92. The first-order valence-electron chi connectivity index (χ1n) is 3.99. The molecule has 0 fully saturated rings. The van der Waals surface area contributed by atoms with Crippen LogP contribution in [0.1, 0.15) is 6.92 Å². The van der Waals surface area contributed by atoms with Gasteiger partial charge in [0.25, 0.3) is 0 Å².